The van der Waals surface area contributed by atoms with Gasteiger partial charge in [0, 0.05) is 75.9 Å². The van der Waals surface area contributed by atoms with E-state index >= 15 is 0 Å². The molecular weight excluding hydrogens is 474 g/mol. The summed E-state index contributed by atoms with van der Waals surface area (Å²) >= 11 is 0. The van der Waals surface area contributed by atoms with Crippen LogP contribution in [-0.4, -0.2) is 110 Å². The van der Waals surface area contributed by atoms with Gasteiger partial charge >= 0.3 is 0 Å². The second-order valence-corrected chi connectivity index (χ2v) is 14.2. The molecule has 4 N–H and O–H groups in total. The fraction of sp³-hybridized carbons (Fsp3) is 1.00. The molecule has 8 nitrogen and oxygen atoms in total. The Labute approximate surface area is 232 Å². The van der Waals surface area contributed by atoms with Crippen LogP contribution in [0.1, 0.15) is 78.1 Å². The fourth-order valence-electron chi connectivity index (χ4n) is 9.03. The predicted molar refractivity (Wildman–Crippen MR) is 154 cm³/mol. The van der Waals surface area contributed by atoms with E-state index in [1.165, 1.54) is 83.8 Å². The summed E-state index contributed by atoms with van der Waals surface area (Å²) in [5, 5.41) is 14.6. The zero-order valence-corrected chi connectivity index (χ0v) is 24.7. The molecule has 0 radical (unpaired) electrons. The Balaban J connectivity index is 1.14. The number of hydrogen-bond acceptors (Lipinski definition) is 8. The molecule has 6 fully saturated rings. The molecule has 0 aromatic rings. The first-order valence-corrected chi connectivity index (χ1v) is 16.2. The zero-order chi connectivity index (χ0) is 26.2. The van der Waals surface area contributed by atoms with Gasteiger partial charge < -0.3 is 15.0 Å². The molecule has 0 aromatic carbocycles. The van der Waals surface area contributed by atoms with Crippen LogP contribution in [0.4, 0.5) is 0 Å². The number of hydrogen-bond donors (Lipinski definition) is 4. The summed E-state index contributed by atoms with van der Waals surface area (Å²) in [5.74, 6) is 2.18. The van der Waals surface area contributed by atoms with Crippen LogP contribution in [0.15, 0.2) is 0 Å². The van der Waals surface area contributed by atoms with E-state index in [4.69, 9.17) is 4.74 Å². The molecule has 0 spiro atoms. The SMILES string of the molecule is CC1CC2CNC3NC4CCC(OC5CCN(C)CC5)CC4N3C[C@H](C)CCCC3C(CNN3C)C(C2)N1. The van der Waals surface area contributed by atoms with Gasteiger partial charge in [0.1, 0.15) is 6.29 Å². The van der Waals surface area contributed by atoms with Crippen molar-refractivity contribution in [1.29, 1.82) is 0 Å². The third-order valence-corrected chi connectivity index (χ3v) is 11.1. The highest BCUT2D eigenvalue weighted by molar-refractivity contribution is 5.01. The molecule has 8 heteroatoms. The number of piperidine rings is 2. The molecule has 6 rings (SSSR count). The number of likely N-dealkylation sites (tertiary alicyclic amines) is 1. The van der Waals surface area contributed by atoms with Gasteiger partial charge in [-0.2, -0.15) is 0 Å². The van der Waals surface area contributed by atoms with E-state index in [1.54, 1.807) is 0 Å². The number of rotatable bonds is 2. The Hall–Kier alpha value is -0.320. The van der Waals surface area contributed by atoms with Crippen LogP contribution >= 0.6 is 0 Å². The van der Waals surface area contributed by atoms with Crippen molar-refractivity contribution in [2.24, 2.45) is 17.8 Å². The number of nitrogens with zero attached hydrogens (tertiary/aromatic N) is 3. The summed E-state index contributed by atoms with van der Waals surface area (Å²) in [7, 11) is 4.52. The summed E-state index contributed by atoms with van der Waals surface area (Å²) in [6.45, 7) is 10.7. The smallest absolute Gasteiger partial charge is 0.115 e. The van der Waals surface area contributed by atoms with E-state index in [2.05, 4.69) is 64.1 Å². The van der Waals surface area contributed by atoms with Crippen LogP contribution in [0.2, 0.25) is 0 Å². The van der Waals surface area contributed by atoms with Crippen molar-refractivity contribution >= 4 is 0 Å². The monoisotopic (exact) mass is 531 g/mol. The third kappa shape index (κ3) is 6.28. The van der Waals surface area contributed by atoms with Crippen LogP contribution in [-0.2, 0) is 4.74 Å². The molecule has 38 heavy (non-hydrogen) atoms. The molecule has 5 aliphatic heterocycles. The van der Waals surface area contributed by atoms with Gasteiger partial charge in [-0.25, -0.2) is 5.01 Å². The molecule has 2 bridgehead atoms. The van der Waals surface area contributed by atoms with Gasteiger partial charge in [-0.05, 0) is 83.6 Å². The summed E-state index contributed by atoms with van der Waals surface area (Å²) in [4.78, 5) is 5.28. The quantitative estimate of drug-likeness (QED) is 0.433. The molecule has 9 unspecified atom stereocenters. The van der Waals surface area contributed by atoms with E-state index in [-0.39, 0.29) is 0 Å². The molecule has 5 heterocycles. The van der Waals surface area contributed by atoms with Gasteiger partial charge in [0.15, 0.2) is 0 Å². The normalized spacial score (nSPS) is 46.7. The Kier molecular flexibility index (Phi) is 8.99. The molecule has 0 amide bonds. The molecule has 6 aliphatic rings. The van der Waals surface area contributed by atoms with Gasteiger partial charge in [-0.1, -0.05) is 13.3 Å². The minimum absolute atomic E-state index is 0.313. The maximum Gasteiger partial charge on any atom is 0.115 e. The van der Waals surface area contributed by atoms with Gasteiger partial charge in [0.25, 0.3) is 0 Å². The molecule has 218 valence electrons. The second-order valence-electron chi connectivity index (χ2n) is 14.2. The third-order valence-electron chi connectivity index (χ3n) is 11.1. The van der Waals surface area contributed by atoms with E-state index < -0.39 is 0 Å². The van der Waals surface area contributed by atoms with Crippen molar-refractivity contribution < 1.29 is 4.74 Å². The predicted octanol–water partition coefficient (Wildman–Crippen LogP) is 2.18. The Bertz CT molecular complexity index is 763. The first-order valence-electron chi connectivity index (χ1n) is 16.2. The average Bonchev–Trinajstić information content (AvgIpc) is 3.43. The number of nitrogens with one attached hydrogen (secondary N) is 4. The van der Waals surface area contributed by atoms with E-state index in [1.807, 2.05) is 0 Å². The van der Waals surface area contributed by atoms with Gasteiger partial charge in [-0.15, -0.1) is 0 Å². The van der Waals surface area contributed by atoms with Crippen molar-refractivity contribution in [2.45, 2.75) is 127 Å². The highest BCUT2D eigenvalue weighted by atomic mass is 16.5. The van der Waals surface area contributed by atoms with Crippen molar-refractivity contribution in [2.75, 3.05) is 46.8 Å². The Morgan fingerprint density at radius 3 is 2.45 bits per heavy atom. The molecule has 10 atom stereocenters. The largest absolute Gasteiger partial charge is 0.375 e. The average molecular weight is 532 g/mol. The first-order chi connectivity index (χ1) is 18.4. The zero-order valence-electron chi connectivity index (χ0n) is 24.7. The van der Waals surface area contributed by atoms with Crippen LogP contribution in [0.3, 0.4) is 0 Å². The molecule has 1 saturated carbocycles. The molecule has 1 aliphatic carbocycles. The standard InChI is InChI=1S/C30H57N7O/c1-20-6-5-7-28-25(18-32-36(28)4)27-15-22(14-21(2)33-27)17-31-30-34-26-9-8-24(16-29(26)37(30)19-20)38-23-10-12-35(3)13-11-23/h20-34H,5-19H2,1-4H3/t20-,21?,22?,24?,25?,26?,27?,28?,29?,30?/m1/s1. The topological polar surface area (TPSA) is 67.1 Å². The van der Waals surface area contributed by atoms with Crippen molar-refractivity contribution in [3.8, 4) is 0 Å². The molecular formula is C30H57N7O. The minimum atomic E-state index is 0.313. The van der Waals surface area contributed by atoms with E-state index in [9.17, 15) is 0 Å². The lowest BCUT2D eigenvalue weighted by Crippen LogP contribution is -2.56. The second kappa shape index (κ2) is 12.3. The summed E-state index contributed by atoms with van der Waals surface area (Å²) in [6.07, 6.45) is 13.8. The lowest BCUT2D eigenvalue weighted by molar-refractivity contribution is -0.0665. The highest BCUT2D eigenvalue weighted by Crippen LogP contribution is 2.35. The van der Waals surface area contributed by atoms with E-state index in [0.29, 0.717) is 60.5 Å². The summed E-state index contributed by atoms with van der Waals surface area (Å²) in [6, 6.07) is 3.09. The lowest BCUT2D eigenvalue weighted by Gasteiger charge is -2.41. The van der Waals surface area contributed by atoms with Gasteiger partial charge in [-0.3, -0.25) is 21.0 Å². The summed E-state index contributed by atoms with van der Waals surface area (Å²) < 4.78 is 6.76. The molecule has 5 saturated heterocycles. The summed E-state index contributed by atoms with van der Waals surface area (Å²) in [5.41, 5.74) is 3.69. The Morgan fingerprint density at radius 1 is 0.763 bits per heavy atom. The highest BCUT2D eigenvalue weighted by Gasteiger charge is 2.46. The maximum atomic E-state index is 6.76. The van der Waals surface area contributed by atoms with E-state index in [0.717, 1.165) is 19.0 Å². The number of fused-ring (bicyclic) bond motifs is 7. The van der Waals surface area contributed by atoms with Crippen LogP contribution < -0.4 is 21.4 Å². The van der Waals surface area contributed by atoms with Crippen molar-refractivity contribution in [1.82, 2.24) is 36.2 Å². The maximum absolute atomic E-state index is 6.76. The van der Waals surface area contributed by atoms with Crippen LogP contribution in [0.25, 0.3) is 0 Å². The number of ether oxygens (including phenoxy) is 1. The first kappa shape index (κ1) is 27.8. The van der Waals surface area contributed by atoms with Crippen LogP contribution in [0, 0.1) is 17.8 Å². The number of hydrazine groups is 1. The van der Waals surface area contributed by atoms with Gasteiger partial charge in [0.2, 0.25) is 0 Å². The van der Waals surface area contributed by atoms with Crippen LogP contribution in [0.5, 0.6) is 0 Å². The Morgan fingerprint density at radius 2 is 1.61 bits per heavy atom. The fourth-order valence-corrected chi connectivity index (χ4v) is 9.03. The van der Waals surface area contributed by atoms with Gasteiger partial charge in [0.05, 0.1) is 12.2 Å². The van der Waals surface area contributed by atoms with Crippen molar-refractivity contribution in [3.05, 3.63) is 0 Å². The lowest BCUT2D eigenvalue weighted by atomic mass is 9.79. The van der Waals surface area contributed by atoms with Crippen molar-refractivity contribution in [3.63, 3.8) is 0 Å². The molecule has 0 aromatic heterocycles. The minimum Gasteiger partial charge on any atom is -0.375 e.